The number of hydrogen-bond acceptors (Lipinski definition) is 4. The Bertz CT molecular complexity index is 342. The van der Waals surface area contributed by atoms with Crippen LogP contribution in [-0.2, 0) is 9.53 Å². The lowest BCUT2D eigenvalue weighted by atomic mass is 9.89. The molecule has 27 heavy (non-hydrogen) atoms. The molecule has 0 aromatic heterocycles. The largest absolute Gasteiger partial charge is 0.364 e. The van der Waals surface area contributed by atoms with Crippen LogP contribution in [0.5, 0.6) is 0 Å². The smallest absolute Gasteiger partial charge is 0.219 e. The van der Waals surface area contributed by atoms with Crippen LogP contribution in [0.25, 0.3) is 0 Å². The van der Waals surface area contributed by atoms with Gasteiger partial charge in [0.2, 0.25) is 5.91 Å². The van der Waals surface area contributed by atoms with Gasteiger partial charge in [-0.25, -0.2) is 0 Å². The first kappa shape index (κ1) is 26.4. The van der Waals surface area contributed by atoms with Crippen molar-refractivity contribution < 1.29 is 9.53 Å². The van der Waals surface area contributed by atoms with Crippen molar-refractivity contribution in [3.63, 3.8) is 0 Å². The van der Waals surface area contributed by atoms with Gasteiger partial charge in [0.1, 0.15) is 0 Å². The highest BCUT2D eigenvalue weighted by Gasteiger charge is 2.24. The van der Waals surface area contributed by atoms with Crippen molar-refractivity contribution in [2.75, 3.05) is 33.5 Å². The lowest BCUT2D eigenvalue weighted by Crippen LogP contribution is -2.45. The Kier molecular flexibility index (Phi) is 17.0. The van der Waals surface area contributed by atoms with Crippen LogP contribution >= 0.6 is 0 Å². The predicted octanol–water partition coefficient (Wildman–Crippen LogP) is 4.45. The summed E-state index contributed by atoms with van der Waals surface area (Å²) in [7, 11) is 2.08. The maximum atomic E-state index is 11.6. The Hall–Kier alpha value is -0.650. The van der Waals surface area contributed by atoms with Gasteiger partial charge in [-0.1, -0.05) is 59.3 Å². The van der Waals surface area contributed by atoms with Crippen LogP contribution in [0.2, 0.25) is 0 Å². The number of carbonyl (C=O) groups excluding carboxylic acids is 1. The molecule has 0 heterocycles. The summed E-state index contributed by atoms with van der Waals surface area (Å²) < 4.78 is 5.94. The maximum Gasteiger partial charge on any atom is 0.219 e. The third-order valence-corrected chi connectivity index (χ3v) is 5.05. The van der Waals surface area contributed by atoms with Crippen LogP contribution in [0.3, 0.4) is 0 Å². The first-order valence-electron chi connectivity index (χ1n) is 11.3. The number of nitrogens with one attached hydrogen (secondary N) is 1. The molecular formula is C22H47N3O2. The molecule has 0 spiro atoms. The molecule has 0 aliphatic carbocycles. The zero-order valence-electron chi connectivity index (χ0n) is 18.7. The van der Waals surface area contributed by atoms with Crippen molar-refractivity contribution >= 4 is 5.91 Å². The Morgan fingerprint density at radius 2 is 1.59 bits per heavy atom. The van der Waals surface area contributed by atoms with Crippen LogP contribution in [0.15, 0.2) is 0 Å². The number of unbranched alkanes of at least 4 members (excludes halogenated alkanes) is 5. The highest BCUT2D eigenvalue weighted by Crippen LogP contribution is 2.19. The van der Waals surface area contributed by atoms with E-state index < -0.39 is 0 Å². The van der Waals surface area contributed by atoms with Gasteiger partial charge < -0.3 is 15.8 Å². The van der Waals surface area contributed by atoms with Crippen LogP contribution in [0.4, 0.5) is 0 Å². The summed E-state index contributed by atoms with van der Waals surface area (Å²) in [6.45, 7) is 9.60. The molecule has 162 valence electrons. The summed E-state index contributed by atoms with van der Waals surface area (Å²) in [4.78, 5) is 13.8. The van der Waals surface area contributed by atoms with E-state index in [1.54, 1.807) is 0 Å². The van der Waals surface area contributed by atoms with Crippen molar-refractivity contribution in [1.82, 2.24) is 10.2 Å². The van der Waals surface area contributed by atoms with Gasteiger partial charge in [-0.2, -0.15) is 0 Å². The molecule has 5 heteroatoms. The zero-order chi connectivity index (χ0) is 20.4. The third kappa shape index (κ3) is 16.0. The summed E-state index contributed by atoms with van der Waals surface area (Å²) in [6.07, 6.45) is 12.8. The van der Waals surface area contributed by atoms with E-state index in [-0.39, 0.29) is 11.4 Å². The molecule has 0 rings (SSSR count). The van der Waals surface area contributed by atoms with E-state index in [4.69, 9.17) is 10.5 Å². The van der Waals surface area contributed by atoms with Gasteiger partial charge in [0, 0.05) is 25.0 Å². The average Bonchev–Trinajstić information content (AvgIpc) is 2.65. The number of carbonyl (C=O) groups is 1. The topological polar surface area (TPSA) is 67.6 Å². The minimum absolute atomic E-state index is 0.172. The molecular weight excluding hydrogens is 338 g/mol. The van der Waals surface area contributed by atoms with Gasteiger partial charge in [0.15, 0.2) is 0 Å². The van der Waals surface area contributed by atoms with E-state index in [0.29, 0.717) is 19.8 Å². The molecule has 0 aromatic carbocycles. The van der Waals surface area contributed by atoms with Gasteiger partial charge in [-0.05, 0) is 39.2 Å². The predicted molar refractivity (Wildman–Crippen MR) is 116 cm³/mol. The van der Waals surface area contributed by atoms with Gasteiger partial charge in [-0.15, -0.1) is 0 Å². The summed E-state index contributed by atoms with van der Waals surface area (Å²) in [5.41, 5.74) is 6.41. The highest BCUT2D eigenvalue weighted by molar-refractivity contribution is 5.75. The first-order chi connectivity index (χ1) is 13.0. The first-order valence-corrected chi connectivity index (χ1v) is 11.3. The molecule has 0 radical (unpaired) electrons. The van der Waals surface area contributed by atoms with Crippen molar-refractivity contribution in [2.45, 2.75) is 103 Å². The van der Waals surface area contributed by atoms with Gasteiger partial charge >= 0.3 is 0 Å². The fourth-order valence-corrected chi connectivity index (χ4v) is 3.15. The molecule has 3 N–H and O–H groups in total. The maximum absolute atomic E-state index is 11.6. The lowest BCUT2D eigenvalue weighted by molar-refractivity contribution is -0.121. The number of amides is 1. The molecule has 0 saturated heterocycles. The molecule has 1 amide bonds. The van der Waals surface area contributed by atoms with Crippen molar-refractivity contribution in [3.8, 4) is 0 Å². The summed E-state index contributed by atoms with van der Waals surface area (Å²) in [5.74, 6) is 0.193. The molecule has 0 fully saturated rings. The minimum atomic E-state index is -0.172. The Morgan fingerprint density at radius 1 is 0.963 bits per heavy atom. The number of ether oxygens (including phenoxy) is 1. The number of rotatable bonds is 19. The SMILES string of the molecule is CCCCCC(=O)NCCCCN(C)COCC(N)(CCCC)CCCC. The Morgan fingerprint density at radius 3 is 2.19 bits per heavy atom. The van der Waals surface area contributed by atoms with Crippen LogP contribution in [-0.4, -0.2) is 49.8 Å². The molecule has 0 aliphatic heterocycles. The normalized spacial score (nSPS) is 11.9. The highest BCUT2D eigenvalue weighted by atomic mass is 16.5. The van der Waals surface area contributed by atoms with E-state index in [0.717, 1.165) is 58.0 Å². The second kappa shape index (κ2) is 17.4. The van der Waals surface area contributed by atoms with Crippen molar-refractivity contribution in [3.05, 3.63) is 0 Å². The molecule has 0 saturated carbocycles. The molecule has 0 aromatic rings. The van der Waals surface area contributed by atoms with Crippen LogP contribution < -0.4 is 11.1 Å². The van der Waals surface area contributed by atoms with E-state index in [1.165, 1.54) is 25.7 Å². The molecule has 0 aliphatic rings. The number of nitrogens with two attached hydrogens (primary N) is 1. The van der Waals surface area contributed by atoms with E-state index in [2.05, 4.69) is 38.0 Å². The second-order valence-corrected chi connectivity index (χ2v) is 8.14. The molecule has 5 nitrogen and oxygen atoms in total. The molecule has 0 atom stereocenters. The Labute approximate surface area is 168 Å². The van der Waals surface area contributed by atoms with Gasteiger partial charge in [-0.3, -0.25) is 9.69 Å². The summed E-state index contributed by atoms with van der Waals surface area (Å²) >= 11 is 0. The fraction of sp³-hybridized carbons (Fsp3) is 0.955. The summed E-state index contributed by atoms with van der Waals surface area (Å²) in [6, 6.07) is 0. The quantitative estimate of drug-likeness (QED) is 0.255. The fourth-order valence-electron chi connectivity index (χ4n) is 3.15. The van der Waals surface area contributed by atoms with Gasteiger partial charge in [0.05, 0.1) is 13.3 Å². The van der Waals surface area contributed by atoms with E-state index in [9.17, 15) is 4.79 Å². The summed E-state index contributed by atoms with van der Waals surface area (Å²) in [5, 5.41) is 3.01. The third-order valence-electron chi connectivity index (χ3n) is 5.05. The Balaban J connectivity index is 3.79. The number of nitrogens with zero attached hydrogens (tertiary/aromatic N) is 1. The van der Waals surface area contributed by atoms with E-state index >= 15 is 0 Å². The van der Waals surface area contributed by atoms with Crippen molar-refractivity contribution in [2.24, 2.45) is 5.73 Å². The van der Waals surface area contributed by atoms with Crippen molar-refractivity contribution in [1.29, 1.82) is 0 Å². The zero-order valence-corrected chi connectivity index (χ0v) is 18.7. The minimum Gasteiger partial charge on any atom is -0.364 e. The van der Waals surface area contributed by atoms with Gasteiger partial charge in [0.25, 0.3) is 0 Å². The molecule has 0 unspecified atom stereocenters. The average molecular weight is 386 g/mol. The monoisotopic (exact) mass is 385 g/mol. The standard InChI is InChI=1S/C22H47N3O2/c1-5-8-11-14-21(26)24-17-12-13-18-25(4)20-27-19-22(23,15-9-6-2)16-10-7-3/h5-20,23H2,1-4H3,(H,24,26). The van der Waals surface area contributed by atoms with Crippen LogP contribution in [0, 0.1) is 0 Å². The van der Waals surface area contributed by atoms with E-state index in [1.807, 2.05) is 0 Å². The molecule has 0 bridgehead atoms. The lowest BCUT2D eigenvalue weighted by Gasteiger charge is -2.30. The second-order valence-electron chi connectivity index (χ2n) is 8.14. The number of hydrogen-bond donors (Lipinski definition) is 2. The van der Waals surface area contributed by atoms with Crippen LogP contribution in [0.1, 0.15) is 97.8 Å².